The predicted octanol–water partition coefficient (Wildman–Crippen LogP) is 5.71. The Bertz CT molecular complexity index is 1290. The summed E-state index contributed by atoms with van der Waals surface area (Å²) in [5.74, 6) is 0.821. The molecule has 5 rings (SSSR count). The molecule has 0 spiro atoms. The number of nitrogens with zero attached hydrogens (tertiary/aromatic N) is 4. The number of benzene rings is 1. The van der Waals surface area contributed by atoms with Crippen LogP contribution in [-0.2, 0) is 12.1 Å². The van der Waals surface area contributed by atoms with Crippen LogP contribution in [0.3, 0.4) is 0 Å². The highest BCUT2D eigenvalue weighted by Gasteiger charge is 2.24. The third kappa shape index (κ3) is 4.44. The number of likely N-dealkylation sites (tertiary alicyclic amines) is 1. The molecule has 1 aliphatic rings. The highest BCUT2D eigenvalue weighted by atomic mass is 19.1. The molecule has 1 aliphatic heterocycles. The van der Waals surface area contributed by atoms with Gasteiger partial charge in [-0.05, 0) is 82.6 Å². The van der Waals surface area contributed by atoms with Crippen molar-refractivity contribution < 1.29 is 9.13 Å². The van der Waals surface area contributed by atoms with Crippen molar-refractivity contribution >= 4 is 11.0 Å². The molecule has 0 unspecified atom stereocenters. The van der Waals surface area contributed by atoms with Gasteiger partial charge in [-0.25, -0.2) is 9.37 Å². The Morgan fingerprint density at radius 1 is 1.12 bits per heavy atom. The lowest BCUT2D eigenvalue weighted by molar-refractivity contribution is 0.203. The minimum absolute atomic E-state index is 0.00327. The highest BCUT2D eigenvalue weighted by Crippen LogP contribution is 2.37. The van der Waals surface area contributed by atoms with Gasteiger partial charge < -0.3 is 9.72 Å². The minimum atomic E-state index is -0.281. The van der Waals surface area contributed by atoms with E-state index in [2.05, 4.69) is 53.0 Å². The number of aromatic nitrogens is 4. The van der Waals surface area contributed by atoms with Gasteiger partial charge in [0.05, 0.1) is 18.8 Å². The summed E-state index contributed by atoms with van der Waals surface area (Å²) < 4.78 is 21.6. The molecule has 0 saturated carbocycles. The minimum Gasteiger partial charge on any atom is -0.496 e. The summed E-state index contributed by atoms with van der Waals surface area (Å²) in [5, 5.41) is 5.53. The maximum absolute atomic E-state index is 14.0. The standard InChI is InChI=1S/C27H32FN5O/c1-27(2,3)33-17-18(15-30-33)16-32-11-8-19(9-12-32)24-14-23-21(7-10-29-26(23)31-24)22-13-20(28)5-6-25(22)34-4/h5-7,10,13-15,17,19H,8-9,11-12,16H2,1-4H3,(H,29,31). The number of pyridine rings is 1. The summed E-state index contributed by atoms with van der Waals surface area (Å²) in [7, 11) is 1.61. The van der Waals surface area contributed by atoms with Gasteiger partial charge in [-0.3, -0.25) is 9.58 Å². The SMILES string of the molecule is COc1ccc(F)cc1-c1ccnc2[nH]c(C3CCN(Cc4cnn(C(C)(C)C)c4)CC3)cc12. The van der Waals surface area contributed by atoms with E-state index in [4.69, 9.17) is 4.74 Å². The van der Waals surface area contributed by atoms with E-state index in [0.29, 0.717) is 11.7 Å². The number of halogens is 1. The lowest BCUT2D eigenvalue weighted by Gasteiger charge is -2.31. The summed E-state index contributed by atoms with van der Waals surface area (Å²) in [5.41, 5.74) is 4.96. The first-order valence-electron chi connectivity index (χ1n) is 11.9. The number of piperidine rings is 1. The van der Waals surface area contributed by atoms with Gasteiger partial charge in [-0.15, -0.1) is 0 Å². The molecule has 1 saturated heterocycles. The normalized spacial score (nSPS) is 15.8. The predicted molar refractivity (Wildman–Crippen MR) is 133 cm³/mol. The van der Waals surface area contributed by atoms with Gasteiger partial charge >= 0.3 is 0 Å². The van der Waals surface area contributed by atoms with Gasteiger partial charge in [0.2, 0.25) is 0 Å². The smallest absolute Gasteiger partial charge is 0.138 e. The molecule has 0 atom stereocenters. The van der Waals surface area contributed by atoms with E-state index in [0.717, 1.165) is 54.6 Å². The Hall–Kier alpha value is -3.19. The van der Waals surface area contributed by atoms with E-state index in [-0.39, 0.29) is 11.4 Å². The molecule has 0 bridgehead atoms. The Balaban J connectivity index is 1.32. The molecule has 1 fully saturated rings. The molecule has 0 aliphatic carbocycles. The maximum Gasteiger partial charge on any atom is 0.138 e. The summed E-state index contributed by atoms with van der Waals surface area (Å²) in [6, 6.07) is 8.74. The number of fused-ring (bicyclic) bond motifs is 1. The van der Waals surface area contributed by atoms with E-state index < -0.39 is 0 Å². The summed E-state index contributed by atoms with van der Waals surface area (Å²) >= 11 is 0. The molecule has 7 heteroatoms. The first kappa shape index (κ1) is 22.6. The molecule has 4 heterocycles. The highest BCUT2D eigenvalue weighted by molar-refractivity contribution is 5.95. The molecule has 0 radical (unpaired) electrons. The van der Waals surface area contributed by atoms with Crippen molar-refractivity contribution in [3.05, 3.63) is 66.0 Å². The van der Waals surface area contributed by atoms with Crippen molar-refractivity contribution in [1.29, 1.82) is 0 Å². The van der Waals surface area contributed by atoms with Gasteiger partial charge in [0.15, 0.2) is 0 Å². The van der Waals surface area contributed by atoms with E-state index in [9.17, 15) is 4.39 Å². The quantitative estimate of drug-likeness (QED) is 0.414. The van der Waals surface area contributed by atoms with Crippen LogP contribution in [0.25, 0.3) is 22.2 Å². The van der Waals surface area contributed by atoms with Gasteiger partial charge in [0, 0.05) is 47.1 Å². The Morgan fingerprint density at radius 2 is 1.91 bits per heavy atom. The van der Waals surface area contributed by atoms with Crippen LogP contribution in [0.1, 0.15) is 50.8 Å². The van der Waals surface area contributed by atoms with Crippen molar-refractivity contribution in [2.45, 2.75) is 51.6 Å². The summed E-state index contributed by atoms with van der Waals surface area (Å²) in [6.45, 7) is 9.51. The van der Waals surface area contributed by atoms with Gasteiger partial charge in [0.25, 0.3) is 0 Å². The number of ether oxygens (including phenoxy) is 1. The largest absolute Gasteiger partial charge is 0.496 e. The van der Waals surface area contributed by atoms with Crippen molar-refractivity contribution in [2.24, 2.45) is 0 Å². The average Bonchev–Trinajstić information content (AvgIpc) is 3.46. The molecule has 178 valence electrons. The Morgan fingerprint density at radius 3 is 2.62 bits per heavy atom. The van der Waals surface area contributed by atoms with Crippen LogP contribution in [0.5, 0.6) is 5.75 Å². The topological polar surface area (TPSA) is 59.0 Å². The second-order valence-corrected chi connectivity index (χ2v) is 10.2. The van der Waals surface area contributed by atoms with Crippen molar-refractivity contribution in [1.82, 2.24) is 24.6 Å². The second kappa shape index (κ2) is 8.87. The van der Waals surface area contributed by atoms with Gasteiger partial charge in [0.1, 0.15) is 17.2 Å². The lowest BCUT2D eigenvalue weighted by atomic mass is 9.93. The second-order valence-electron chi connectivity index (χ2n) is 10.2. The van der Waals surface area contributed by atoms with Crippen LogP contribution in [0.2, 0.25) is 0 Å². The number of aromatic amines is 1. The van der Waals surface area contributed by atoms with Crippen molar-refractivity contribution in [3.63, 3.8) is 0 Å². The van der Waals surface area contributed by atoms with Gasteiger partial charge in [-0.2, -0.15) is 5.10 Å². The zero-order valence-corrected chi connectivity index (χ0v) is 20.3. The molecule has 3 aromatic heterocycles. The van der Waals surface area contributed by atoms with Gasteiger partial charge in [-0.1, -0.05) is 0 Å². The number of rotatable bonds is 5. The molecule has 6 nitrogen and oxygen atoms in total. The number of methoxy groups -OCH3 is 1. The zero-order chi connectivity index (χ0) is 23.9. The zero-order valence-electron chi connectivity index (χ0n) is 20.3. The monoisotopic (exact) mass is 461 g/mol. The molecular formula is C27H32FN5O. The van der Waals surface area contributed by atoms with Crippen molar-refractivity contribution in [2.75, 3.05) is 20.2 Å². The van der Waals surface area contributed by atoms with E-state index in [1.165, 1.54) is 23.4 Å². The van der Waals surface area contributed by atoms with Crippen LogP contribution < -0.4 is 4.74 Å². The number of nitrogens with one attached hydrogen (secondary N) is 1. The molecular weight excluding hydrogens is 429 g/mol. The average molecular weight is 462 g/mol. The van der Waals surface area contributed by atoms with Crippen LogP contribution >= 0.6 is 0 Å². The molecule has 1 aromatic carbocycles. The molecule has 34 heavy (non-hydrogen) atoms. The van der Waals surface area contributed by atoms with E-state index in [1.54, 1.807) is 19.4 Å². The first-order valence-corrected chi connectivity index (χ1v) is 11.9. The fourth-order valence-electron chi connectivity index (χ4n) is 4.86. The Labute approximate surface area is 199 Å². The Kier molecular flexibility index (Phi) is 5.90. The molecule has 1 N–H and O–H groups in total. The van der Waals surface area contributed by atoms with E-state index in [1.807, 2.05) is 16.9 Å². The molecule has 4 aromatic rings. The third-order valence-corrected chi connectivity index (χ3v) is 6.76. The third-order valence-electron chi connectivity index (χ3n) is 6.76. The van der Waals surface area contributed by atoms with Crippen LogP contribution in [0, 0.1) is 5.82 Å². The van der Waals surface area contributed by atoms with E-state index >= 15 is 0 Å². The molecule has 0 amide bonds. The van der Waals surface area contributed by atoms with Crippen LogP contribution in [0.15, 0.2) is 48.9 Å². The van der Waals surface area contributed by atoms with Crippen molar-refractivity contribution in [3.8, 4) is 16.9 Å². The fourth-order valence-corrected chi connectivity index (χ4v) is 4.86. The first-order chi connectivity index (χ1) is 16.3. The lowest BCUT2D eigenvalue weighted by Crippen LogP contribution is -2.32. The van der Waals surface area contributed by atoms with Crippen LogP contribution in [0.4, 0.5) is 4.39 Å². The fraction of sp³-hybridized carbons (Fsp3) is 0.407. The number of hydrogen-bond acceptors (Lipinski definition) is 4. The summed E-state index contributed by atoms with van der Waals surface area (Å²) in [4.78, 5) is 10.6. The summed E-state index contributed by atoms with van der Waals surface area (Å²) in [6.07, 6.45) is 8.08. The number of H-pyrrole nitrogens is 1. The number of hydrogen-bond donors (Lipinski definition) is 1. The maximum atomic E-state index is 14.0. The van der Waals surface area contributed by atoms with Crippen LogP contribution in [-0.4, -0.2) is 44.8 Å².